The van der Waals surface area contributed by atoms with E-state index >= 15 is 0 Å². The molecule has 2 aliphatic rings. The molecule has 0 aromatic heterocycles. The van der Waals surface area contributed by atoms with Crippen LogP contribution in [0.3, 0.4) is 0 Å². The van der Waals surface area contributed by atoms with Crippen LogP contribution in [0.15, 0.2) is 0 Å². The monoisotopic (exact) mass is 259 g/mol. The molecule has 18 heavy (non-hydrogen) atoms. The molecule has 0 bridgehead atoms. The Hall–Kier alpha value is -0.180. The van der Waals surface area contributed by atoms with E-state index in [0.717, 1.165) is 0 Å². The maximum atomic E-state index is 13.2. The van der Waals surface area contributed by atoms with Crippen molar-refractivity contribution in [3.8, 4) is 0 Å². The SMILES string of the molecule is CNC(C1CCCCCC1)C1CCC(F)(F)CC1. The van der Waals surface area contributed by atoms with Crippen LogP contribution in [0.1, 0.15) is 64.2 Å². The van der Waals surface area contributed by atoms with Gasteiger partial charge in [0.15, 0.2) is 0 Å². The van der Waals surface area contributed by atoms with Gasteiger partial charge in [-0.15, -0.1) is 0 Å². The summed E-state index contributed by atoms with van der Waals surface area (Å²) < 4.78 is 26.5. The minimum atomic E-state index is -2.39. The van der Waals surface area contributed by atoms with E-state index in [4.69, 9.17) is 0 Å². The molecule has 1 N–H and O–H groups in total. The smallest absolute Gasteiger partial charge is 0.248 e. The van der Waals surface area contributed by atoms with Gasteiger partial charge in [0.2, 0.25) is 5.92 Å². The quantitative estimate of drug-likeness (QED) is 0.742. The molecule has 1 atom stereocenters. The Kier molecular flexibility index (Phi) is 4.99. The fraction of sp³-hybridized carbons (Fsp3) is 1.00. The first-order valence-corrected chi connectivity index (χ1v) is 7.67. The Labute approximate surface area is 110 Å². The Morgan fingerprint density at radius 3 is 1.89 bits per heavy atom. The molecule has 2 aliphatic carbocycles. The minimum absolute atomic E-state index is 0.0998. The van der Waals surface area contributed by atoms with Crippen LogP contribution < -0.4 is 5.32 Å². The van der Waals surface area contributed by atoms with E-state index in [0.29, 0.717) is 30.7 Å². The number of rotatable bonds is 3. The van der Waals surface area contributed by atoms with Crippen molar-refractivity contribution in [2.45, 2.75) is 76.2 Å². The van der Waals surface area contributed by atoms with Crippen molar-refractivity contribution in [3.63, 3.8) is 0 Å². The molecule has 1 nitrogen and oxygen atoms in total. The van der Waals surface area contributed by atoms with Crippen LogP contribution in [0.4, 0.5) is 8.78 Å². The first-order chi connectivity index (χ1) is 8.62. The van der Waals surface area contributed by atoms with Gasteiger partial charge in [0.1, 0.15) is 0 Å². The van der Waals surface area contributed by atoms with E-state index < -0.39 is 5.92 Å². The molecule has 3 heteroatoms. The molecular formula is C15H27F2N. The summed E-state index contributed by atoms with van der Waals surface area (Å²) >= 11 is 0. The van der Waals surface area contributed by atoms with Gasteiger partial charge >= 0.3 is 0 Å². The Morgan fingerprint density at radius 1 is 0.889 bits per heavy atom. The summed E-state index contributed by atoms with van der Waals surface area (Å²) in [4.78, 5) is 0. The number of nitrogens with one attached hydrogen (secondary N) is 1. The summed E-state index contributed by atoms with van der Waals surface area (Å²) in [5, 5.41) is 3.45. The molecule has 106 valence electrons. The summed E-state index contributed by atoms with van der Waals surface area (Å²) in [5.74, 6) is -1.20. The summed E-state index contributed by atoms with van der Waals surface area (Å²) in [6.07, 6.45) is 9.55. The van der Waals surface area contributed by atoms with E-state index in [2.05, 4.69) is 5.32 Å². The molecule has 0 aliphatic heterocycles. The van der Waals surface area contributed by atoms with Crippen molar-refractivity contribution in [1.29, 1.82) is 0 Å². The number of hydrogen-bond donors (Lipinski definition) is 1. The van der Waals surface area contributed by atoms with Crippen LogP contribution in [0.2, 0.25) is 0 Å². The molecular weight excluding hydrogens is 232 g/mol. The van der Waals surface area contributed by atoms with Gasteiger partial charge in [-0.3, -0.25) is 0 Å². The zero-order valence-electron chi connectivity index (χ0n) is 11.6. The van der Waals surface area contributed by atoms with E-state index in [9.17, 15) is 8.78 Å². The maximum absolute atomic E-state index is 13.2. The second-order valence-electron chi connectivity index (χ2n) is 6.26. The number of halogens is 2. The van der Waals surface area contributed by atoms with Crippen LogP contribution in [0, 0.1) is 11.8 Å². The van der Waals surface area contributed by atoms with Gasteiger partial charge in [-0.25, -0.2) is 8.78 Å². The lowest BCUT2D eigenvalue weighted by Crippen LogP contribution is -2.43. The van der Waals surface area contributed by atoms with Crippen molar-refractivity contribution >= 4 is 0 Å². The molecule has 0 amide bonds. The second kappa shape index (κ2) is 6.31. The van der Waals surface area contributed by atoms with Gasteiger partial charge in [-0.1, -0.05) is 25.7 Å². The molecule has 0 aromatic rings. The van der Waals surface area contributed by atoms with Crippen LogP contribution in [0.25, 0.3) is 0 Å². The third kappa shape index (κ3) is 3.66. The highest BCUT2D eigenvalue weighted by molar-refractivity contribution is 4.88. The number of alkyl halides is 2. The van der Waals surface area contributed by atoms with Gasteiger partial charge in [0.05, 0.1) is 0 Å². The maximum Gasteiger partial charge on any atom is 0.248 e. The summed E-state index contributed by atoms with van der Waals surface area (Å²) in [6, 6.07) is 0.471. The van der Waals surface area contributed by atoms with Crippen molar-refractivity contribution in [3.05, 3.63) is 0 Å². The van der Waals surface area contributed by atoms with Crippen molar-refractivity contribution in [2.24, 2.45) is 11.8 Å². The Balaban J connectivity index is 1.91. The highest BCUT2D eigenvalue weighted by Gasteiger charge is 2.39. The van der Waals surface area contributed by atoms with Gasteiger partial charge in [0.25, 0.3) is 0 Å². The fourth-order valence-electron chi connectivity index (χ4n) is 3.95. The molecule has 2 rings (SSSR count). The van der Waals surface area contributed by atoms with Crippen molar-refractivity contribution < 1.29 is 8.78 Å². The van der Waals surface area contributed by atoms with E-state index in [1.807, 2.05) is 7.05 Å². The normalized spacial score (nSPS) is 28.8. The summed E-state index contributed by atoms with van der Waals surface area (Å²) in [7, 11) is 2.02. The van der Waals surface area contributed by atoms with Crippen LogP contribution in [-0.4, -0.2) is 19.0 Å². The topological polar surface area (TPSA) is 12.0 Å². The van der Waals surface area contributed by atoms with Crippen LogP contribution in [0.5, 0.6) is 0 Å². The van der Waals surface area contributed by atoms with E-state index in [1.165, 1.54) is 38.5 Å². The number of hydrogen-bond acceptors (Lipinski definition) is 1. The van der Waals surface area contributed by atoms with Crippen molar-refractivity contribution in [1.82, 2.24) is 5.32 Å². The standard InChI is InChI=1S/C15H27F2N/c1-18-14(12-6-4-2-3-5-7-12)13-8-10-15(16,17)11-9-13/h12-14,18H,2-11H2,1H3. The predicted molar refractivity (Wildman–Crippen MR) is 70.9 cm³/mol. The average Bonchev–Trinajstić information content (AvgIpc) is 2.61. The predicted octanol–water partition coefficient (Wildman–Crippen LogP) is 4.37. The minimum Gasteiger partial charge on any atom is -0.316 e. The Morgan fingerprint density at radius 2 is 1.39 bits per heavy atom. The zero-order valence-corrected chi connectivity index (χ0v) is 11.6. The second-order valence-corrected chi connectivity index (χ2v) is 6.26. The molecule has 2 saturated carbocycles. The molecule has 1 unspecified atom stereocenters. The van der Waals surface area contributed by atoms with Gasteiger partial charge in [0, 0.05) is 18.9 Å². The summed E-state index contributed by atoms with van der Waals surface area (Å²) in [5.41, 5.74) is 0. The highest BCUT2D eigenvalue weighted by atomic mass is 19.3. The highest BCUT2D eigenvalue weighted by Crippen LogP contribution is 2.40. The first-order valence-electron chi connectivity index (χ1n) is 7.67. The lowest BCUT2D eigenvalue weighted by molar-refractivity contribution is -0.0520. The molecule has 0 saturated heterocycles. The van der Waals surface area contributed by atoms with Gasteiger partial charge < -0.3 is 5.32 Å². The molecule has 2 fully saturated rings. The summed E-state index contributed by atoms with van der Waals surface area (Å²) in [6.45, 7) is 0. The van der Waals surface area contributed by atoms with E-state index in [-0.39, 0.29) is 12.8 Å². The lowest BCUT2D eigenvalue weighted by atomic mass is 9.75. The zero-order chi connectivity index (χ0) is 13.0. The van der Waals surface area contributed by atoms with E-state index in [1.54, 1.807) is 0 Å². The third-order valence-corrected chi connectivity index (χ3v) is 5.01. The van der Waals surface area contributed by atoms with Gasteiger partial charge in [-0.05, 0) is 44.6 Å². The molecule has 0 radical (unpaired) electrons. The van der Waals surface area contributed by atoms with Crippen LogP contribution in [-0.2, 0) is 0 Å². The molecule has 0 spiro atoms. The van der Waals surface area contributed by atoms with Crippen molar-refractivity contribution in [2.75, 3.05) is 7.05 Å². The molecule has 0 heterocycles. The molecule has 0 aromatic carbocycles. The lowest BCUT2D eigenvalue weighted by Gasteiger charge is -2.37. The van der Waals surface area contributed by atoms with Gasteiger partial charge in [-0.2, -0.15) is 0 Å². The first kappa shape index (κ1) is 14.2. The fourth-order valence-corrected chi connectivity index (χ4v) is 3.95. The van der Waals surface area contributed by atoms with Crippen LogP contribution >= 0.6 is 0 Å². The third-order valence-electron chi connectivity index (χ3n) is 5.01. The Bertz CT molecular complexity index is 237. The average molecular weight is 259 g/mol. The largest absolute Gasteiger partial charge is 0.316 e.